The van der Waals surface area contributed by atoms with Crippen LogP contribution in [-0.4, -0.2) is 35.8 Å². The van der Waals surface area contributed by atoms with Gasteiger partial charge in [-0.15, -0.1) is 0 Å². The summed E-state index contributed by atoms with van der Waals surface area (Å²) >= 11 is 0. The number of rotatable bonds is 48. The molecule has 0 heterocycles. The summed E-state index contributed by atoms with van der Waals surface area (Å²) in [4.78, 5) is 60.1. The molecule has 0 aromatic heterocycles. The minimum atomic E-state index is -0.913. The van der Waals surface area contributed by atoms with E-state index < -0.39 is 35.8 Å². The van der Waals surface area contributed by atoms with Crippen molar-refractivity contribution in [2.75, 3.05) is 0 Å². The average Bonchev–Trinajstić information content (AvgIpc) is 3.33. The van der Waals surface area contributed by atoms with Gasteiger partial charge in [0.1, 0.15) is 0 Å². The molecule has 0 aliphatic heterocycles. The Labute approximate surface area is 500 Å². The molecule has 0 aromatic rings. The molecule has 12 nitrogen and oxygen atoms in total. The molecule has 0 unspecified atom stereocenters. The van der Waals surface area contributed by atoms with E-state index in [1.54, 1.807) is 0 Å². The molecule has 0 radical (unpaired) electrons. The van der Waals surface area contributed by atoms with E-state index in [0.717, 1.165) is 77.0 Å². The Kier molecular flexibility index (Phi) is 111. The molecule has 0 rings (SSSR count). The van der Waals surface area contributed by atoms with Crippen molar-refractivity contribution >= 4 is 35.8 Å². The topological polar surface area (TPSA) is 241 Å². The van der Waals surface area contributed by atoms with Crippen LogP contribution in [0.2, 0.25) is 0 Å². The first-order valence-corrected chi connectivity index (χ1v) is 29.8. The van der Waals surface area contributed by atoms with Gasteiger partial charge in [-0.25, -0.2) is 0 Å². The van der Waals surface area contributed by atoms with Gasteiger partial charge in [0.2, 0.25) is 0 Å². The van der Waals surface area contributed by atoms with Crippen LogP contribution < -0.4 is 30.6 Å². The van der Waals surface area contributed by atoms with Gasteiger partial charge in [-0.05, 0) is 77.0 Å². The summed E-state index contributed by atoms with van der Waals surface area (Å²) in [6.07, 6.45) is 50.1. The molecule has 0 amide bonds. The number of hydrogen-bond donors (Lipinski definition) is 0. The summed E-state index contributed by atoms with van der Waals surface area (Å²) in [5.74, 6) is -5.48. The maximum Gasteiger partial charge on any atom is 2.00 e. The van der Waals surface area contributed by atoms with Crippen LogP contribution >= 0.6 is 0 Å². The minimum absolute atomic E-state index is 0. The third-order valence-corrected chi connectivity index (χ3v) is 11.9. The predicted molar refractivity (Wildman–Crippen MR) is 286 cm³/mol. The van der Waals surface area contributed by atoms with Gasteiger partial charge < -0.3 is 59.4 Å². The Morgan fingerprint density at radius 3 is 0.333 bits per heavy atom. The van der Waals surface area contributed by atoms with Gasteiger partial charge in [-0.1, -0.05) is 273 Å². The monoisotopic (exact) mass is 1220 g/mol. The van der Waals surface area contributed by atoms with E-state index in [1.807, 2.05) is 0 Å². The number of carbonyl (C=O) groups is 6. The third-order valence-electron chi connectivity index (χ3n) is 11.9. The number of carboxylic acids is 6. The van der Waals surface area contributed by atoms with Crippen LogP contribution in [0.25, 0.3) is 0 Å². The van der Waals surface area contributed by atoms with Gasteiger partial charge in [0, 0.05) is 35.8 Å². The second-order valence-electron chi connectivity index (χ2n) is 19.5. The first-order valence-electron chi connectivity index (χ1n) is 29.8. The van der Waals surface area contributed by atoms with E-state index >= 15 is 0 Å². The molecule has 432 valence electrons. The fourth-order valence-electron chi connectivity index (χ4n) is 7.36. The smallest absolute Gasteiger partial charge is 0.550 e. The first kappa shape index (κ1) is 93.0. The van der Waals surface area contributed by atoms with Crippen molar-refractivity contribution in [3.8, 4) is 0 Å². The summed E-state index contributed by atoms with van der Waals surface area (Å²) in [6, 6.07) is 0. The third kappa shape index (κ3) is 131. The van der Waals surface area contributed by atoms with E-state index in [9.17, 15) is 59.4 Å². The number of carboxylic acid groups (broad SMARTS) is 6. The molecule has 0 aliphatic rings. The Morgan fingerprint density at radius 1 is 0.173 bits per heavy atom. The number of carbonyl (C=O) groups excluding carboxylic acids is 6. The van der Waals surface area contributed by atoms with Gasteiger partial charge in [0.25, 0.3) is 0 Å². The maximum atomic E-state index is 10.0. The molecule has 0 aliphatic carbocycles. The molecule has 15 heteroatoms. The number of hydrogen-bond acceptors (Lipinski definition) is 12. The average molecular weight is 1220 g/mol. The Bertz CT molecular complexity index is 898. The normalized spacial score (nSPS) is 9.68. The van der Waals surface area contributed by atoms with Crippen molar-refractivity contribution in [2.24, 2.45) is 0 Å². The van der Waals surface area contributed by atoms with Crippen LogP contribution in [0.1, 0.15) is 350 Å². The van der Waals surface area contributed by atoms with Crippen molar-refractivity contribution in [3.05, 3.63) is 0 Å². The molecular formula is C60H114O12Zn3. The summed E-state index contributed by atoms with van der Waals surface area (Å²) in [5.41, 5.74) is 0. The van der Waals surface area contributed by atoms with Crippen molar-refractivity contribution in [1.82, 2.24) is 0 Å². The minimum Gasteiger partial charge on any atom is -0.550 e. The predicted octanol–water partition coefficient (Wildman–Crippen LogP) is 11.3. The molecule has 0 N–H and O–H groups in total. The van der Waals surface area contributed by atoms with Gasteiger partial charge in [0.05, 0.1) is 0 Å². The second-order valence-corrected chi connectivity index (χ2v) is 19.5. The molecule has 0 aromatic carbocycles. The van der Waals surface area contributed by atoms with E-state index in [0.29, 0.717) is 0 Å². The summed E-state index contributed by atoms with van der Waals surface area (Å²) < 4.78 is 0. The van der Waals surface area contributed by atoms with E-state index in [4.69, 9.17) is 0 Å². The molecule has 0 saturated heterocycles. The van der Waals surface area contributed by atoms with Crippen LogP contribution in [0.4, 0.5) is 0 Å². The Hall–Kier alpha value is -1.31. The van der Waals surface area contributed by atoms with Gasteiger partial charge in [-0.2, -0.15) is 0 Å². The quantitative estimate of drug-likeness (QED) is 0.0408. The van der Waals surface area contributed by atoms with Crippen LogP contribution in [0.5, 0.6) is 0 Å². The van der Waals surface area contributed by atoms with E-state index in [1.165, 1.54) is 193 Å². The zero-order valence-electron chi connectivity index (χ0n) is 50.0. The van der Waals surface area contributed by atoms with Crippen molar-refractivity contribution < 1.29 is 118 Å². The van der Waals surface area contributed by atoms with E-state index in [2.05, 4.69) is 41.5 Å². The number of aliphatic carboxylic acids is 6. The van der Waals surface area contributed by atoms with Crippen molar-refractivity contribution in [1.29, 1.82) is 0 Å². The zero-order valence-corrected chi connectivity index (χ0v) is 58.9. The summed E-state index contributed by atoms with van der Waals surface area (Å²) in [6.45, 7) is 13.1. The van der Waals surface area contributed by atoms with Crippen LogP contribution in [0, 0.1) is 0 Å². The molecular weight excluding hydrogens is 1110 g/mol. The van der Waals surface area contributed by atoms with Crippen LogP contribution in [-0.2, 0) is 87.2 Å². The molecule has 0 bridgehead atoms. The fourth-order valence-corrected chi connectivity index (χ4v) is 7.36. The fraction of sp³-hybridized carbons (Fsp3) is 0.900. The van der Waals surface area contributed by atoms with Gasteiger partial charge in [0.15, 0.2) is 0 Å². The molecule has 0 spiro atoms. The molecule has 0 atom stereocenters. The molecule has 0 saturated carbocycles. The summed E-state index contributed by atoms with van der Waals surface area (Å²) in [5, 5.41) is 60.1. The van der Waals surface area contributed by atoms with Gasteiger partial charge in [-0.3, -0.25) is 0 Å². The van der Waals surface area contributed by atoms with Crippen LogP contribution in [0.3, 0.4) is 0 Å². The second kappa shape index (κ2) is 89.3. The standard InChI is InChI=1S/6C10H20O2.3Zn/c6*1-2-3-4-5-6-7-8-9-10(11)12;;;/h6*2-9H2,1H3,(H,11,12);;;/q;;;;;;3*+2/p-6. The largest absolute Gasteiger partial charge is 2.00 e. The molecule has 75 heavy (non-hydrogen) atoms. The SMILES string of the molecule is CCCCCCCCCC(=O)[O-].CCCCCCCCCC(=O)[O-].CCCCCCCCCC(=O)[O-].CCCCCCCCCC(=O)[O-].CCCCCCCCCC(=O)[O-].CCCCCCCCCC(=O)[O-].[Zn+2].[Zn+2].[Zn+2]. The van der Waals surface area contributed by atoms with Crippen molar-refractivity contribution in [2.45, 2.75) is 350 Å². The number of unbranched alkanes of at least 4 members (excludes halogenated alkanes) is 36. The van der Waals surface area contributed by atoms with E-state index in [-0.39, 0.29) is 97.0 Å². The van der Waals surface area contributed by atoms with Crippen LogP contribution in [0.15, 0.2) is 0 Å². The van der Waals surface area contributed by atoms with Crippen molar-refractivity contribution in [3.63, 3.8) is 0 Å². The first-order chi connectivity index (χ1) is 34.6. The van der Waals surface area contributed by atoms with Gasteiger partial charge >= 0.3 is 58.4 Å². The molecule has 0 fully saturated rings. The zero-order chi connectivity index (χ0) is 55.4. The maximum absolute atomic E-state index is 10.0. The Balaban J connectivity index is -0.0000000988. The Morgan fingerprint density at radius 2 is 0.253 bits per heavy atom. The summed E-state index contributed by atoms with van der Waals surface area (Å²) in [7, 11) is 0.